The summed E-state index contributed by atoms with van der Waals surface area (Å²) in [6, 6.07) is 9.51. The third-order valence-electron chi connectivity index (χ3n) is 3.64. The van der Waals surface area contributed by atoms with E-state index in [1.807, 2.05) is 0 Å². The van der Waals surface area contributed by atoms with Gasteiger partial charge in [0.1, 0.15) is 0 Å². The molecule has 1 aromatic rings. The average Bonchev–Trinajstić information content (AvgIpc) is 2.36. The van der Waals surface area contributed by atoms with Crippen LogP contribution in [0.3, 0.4) is 0 Å². The number of rotatable bonds is 5. The Morgan fingerprint density at radius 3 is 2.20 bits per heavy atom. The molecule has 1 aliphatic heterocycles. The number of hydrogen-bond acceptors (Lipinski definition) is 3. The van der Waals surface area contributed by atoms with Crippen LogP contribution in [0.1, 0.15) is 38.8 Å². The SMILES string of the molecule is CC(C)NCc1ccc(CN2CC(C)OC(C)C2)cc1. The molecule has 3 nitrogen and oxygen atoms in total. The fraction of sp³-hybridized carbons (Fsp3) is 0.647. The van der Waals surface area contributed by atoms with E-state index in [0.29, 0.717) is 18.2 Å². The molecule has 1 aliphatic rings. The summed E-state index contributed by atoms with van der Waals surface area (Å²) in [7, 11) is 0. The van der Waals surface area contributed by atoms with Crippen LogP contribution in [0.4, 0.5) is 0 Å². The zero-order valence-corrected chi connectivity index (χ0v) is 13.2. The van der Waals surface area contributed by atoms with Crippen molar-refractivity contribution in [3.05, 3.63) is 35.4 Å². The maximum absolute atomic E-state index is 5.78. The highest BCUT2D eigenvalue weighted by molar-refractivity contribution is 5.22. The Labute approximate surface area is 123 Å². The molecule has 1 fully saturated rings. The van der Waals surface area contributed by atoms with Gasteiger partial charge in [0.15, 0.2) is 0 Å². The van der Waals surface area contributed by atoms with E-state index in [4.69, 9.17) is 4.74 Å². The normalized spacial score (nSPS) is 24.2. The third kappa shape index (κ3) is 4.89. The van der Waals surface area contributed by atoms with Crippen LogP contribution in [0, 0.1) is 0 Å². The van der Waals surface area contributed by atoms with Crippen LogP contribution >= 0.6 is 0 Å². The van der Waals surface area contributed by atoms with Gasteiger partial charge in [-0.2, -0.15) is 0 Å². The number of ether oxygens (including phenoxy) is 1. The topological polar surface area (TPSA) is 24.5 Å². The second-order valence-corrected chi connectivity index (χ2v) is 6.30. The Balaban J connectivity index is 1.87. The maximum atomic E-state index is 5.78. The van der Waals surface area contributed by atoms with E-state index in [0.717, 1.165) is 26.2 Å². The molecule has 1 saturated heterocycles. The van der Waals surface area contributed by atoms with Crippen LogP contribution in [-0.4, -0.2) is 36.2 Å². The first-order valence-electron chi connectivity index (χ1n) is 7.72. The van der Waals surface area contributed by atoms with Crippen LogP contribution in [0.5, 0.6) is 0 Å². The quantitative estimate of drug-likeness (QED) is 0.895. The summed E-state index contributed by atoms with van der Waals surface area (Å²) in [6.07, 6.45) is 0.682. The van der Waals surface area contributed by atoms with E-state index < -0.39 is 0 Å². The van der Waals surface area contributed by atoms with E-state index in [9.17, 15) is 0 Å². The second kappa shape index (κ2) is 7.21. The van der Waals surface area contributed by atoms with Gasteiger partial charge in [-0.15, -0.1) is 0 Å². The van der Waals surface area contributed by atoms with Gasteiger partial charge in [0, 0.05) is 32.2 Å². The predicted octanol–water partition coefficient (Wildman–Crippen LogP) is 2.79. The molecular formula is C17H28N2O. The summed E-state index contributed by atoms with van der Waals surface area (Å²) >= 11 is 0. The molecule has 112 valence electrons. The minimum atomic E-state index is 0.341. The summed E-state index contributed by atoms with van der Waals surface area (Å²) in [5, 5.41) is 3.45. The van der Waals surface area contributed by atoms with Gasteiger partial charge in [-0.25, -0.2) is 0 Å². The fourth-order valence-electron chi connectivity index (χ4n) is 2.76. The second-order valence-electron chi connectivity index (χ2n) is 6.30. The van der Waals surface area contributed by atoms with Gasteiger partial charge < -0.3 is 10.1 Å². The summed E-state index contributed by atoms with van der Waals surface area (Å²) < 4.78 is 5.78. The Kier molecular flexibility index (Phi) is 5.58. The lowest BCUT2D eigenvalue weighted by molar-refractivity contribution is -0.0704. The van der Waals surface area contributed by atoms with Crippen molar-refractivity contribution in [2.24, 2.45) is 0 Å². The van der Waals surface area contributed by atoms with Crippen molar-refractivity contribution in [2.45, 2.75) is 59.0 Å². The smallest absolute Gasteiger partial charge is 0.0678 e. The Bertz CT molecular complexity index is 392. The Morgan fingerprint density at radius 1 is 1.10 bits per heavy atom. The molecular weight excluding hydrogens is 248 g/mol. The molecule has 0 aliphatic carbocycles. The zero-order chi connectivity index (χ0) is 14.5. The highest BCUT2D eigenvalue weighted by Crippen LogP contribution is 2.14. The van der Waals surface area contributed by atoms with Crippen LogP contribution in [0.2, 0.25) is 0 Å². The van der Waals surface area contributed by atoms with Crippen LogP contribution in [0.15, 0.2) is 24.3 Å². The fourth-order valence-corrected chi connectivity index (χ4v) is 2.76. The van der Waals surface area contributed by atoms with Crippen LogP contribution in [-0.2, 0) is 17.8 Å². The van der Waals surface area contributed by atoms with E-state index in [1.165, 1.54) is 11.1 Å². The molecule has 3 heteroatoms. The molecule has 1 N–H and O–H groups in total. The molecule has 2 atom stereocenters. The van der Waals surface area contributed by atoms with Crippen molar-refractivity contribution in [1.82, 2.24) is 10.2 Å². The lowest BCUT2D eigenvalue weighted by Crippen LogP contribution is -2.44. The monoisotopic (exact) mass is 276 g/mol. The van der Waals surface area contributed by atoms with E-state index in [2.05, 4.69) is 62.2 Å². The van der Waals surface area contributed by atoms with Crippen molar-refractivity contribution in [3.8, 4) is 0 Å². The highest BCUT2D eigenvalue weighted by Gasteiger charge is 2.21. The van der Waals surface area contributed by atoms with Gasteiger partial charge in [-0.3, -0.25) is 4.90 Å². The largest absolute Gasteiger partial charge is 0.373 e. The number of morpholine rings is 1. The van der Waals surface area contributed by atoms with Gasteiger partial charge in [0.05, 0.1) is 12.2 Å². The van der Waals surface area contributed by atoms with Gasteiger partial charge in [0.25, 0.3) is 0 Å². The number of nitrogens with one attached hydrogen (secondary N) is 1. The van der Waals surface area contributed by atoms with Crippen LogP contribution < -0.4 is 5.32 Å². The van der Waals surface area contributed by atoms with Crippen molar-refractivity contribution in [1.29, 1.82) is 0 Å². The maximum Gasteiger partial charge on any atom is 0.0678 e. The summed E-state index contributed by atoms with van der Waals surface area (Å²) in [5.41, 5.74) is 2.74. The van der Waals surface area contributed by atoms with E-state index in [-0.39, 0.29) is 0 Å². The molecule has 1 heterocycles. The third-order valence-corrected chi connectivity index (χ3v) is 3.64. The molecule has 0 aromatic heterocycles. The van der Waals surface area contributed by atoms with Crippen molar-refractivity contribution in [3.63, 3.8) is 0 Å². The molecule has 2 rings (SSSR count). The number of nitrogens with zero attached hydrogens (tertiary/aromatic N) is 1. The van der Waals surface area contributed by atoms with Gasteiger partial charge in [-0.05, 0) is 25.0 Å². The molecule has 2 unspecified atom stereocenters. The zero-order valence-electron chi connectivity index (χ0n) is 13.2. The Hall–Kier alpha value is -0.900. The summed E-state index contributed by atoms with van der Waals surface area (Å²) in [6.45, 7) is 12.7. The van der Waals surface area contributed by atoms with Gasteiger partial charge >= 0.3 is 0 Å². The van der Waals surface area contributed by atoms with Gasteiger partial charge in [0.2, 0.25) is 0 Å². The molecule has 0 spiro atoms. The molecule has 0 radical (unpaired) electrons. The summed E-state index contributed by atoms with van der Waals surface area (Å²) in [5.74, 6) is 0. The first-order valence-corrected chi connectivity index (χ1v) is 7.72. The molecule has 0 bridgehead atoms. The first kappa shape index (κ1) is 15.5. The lowest BCUT2D eigenvalue weighted by Gasteiger charge is -2.35. The average molecular weight is 276 g/mol. The van der Waals surface area contributed by atoms with Crippen molar-refractivity contribution in [2.75, 3.05) is 13.1 Å². The van der Waals surface area contributed by atoms with Crippen molar-refractivity contribution >= 4 is 0 Å². The molecule has 20 heavy (non-hydrogen) atoms. The molecule has 1 aromatic carbocycles. The summed E-state index contributed by atoms with van der Waals surface area (Å²) in [4.78, 5) is 2.49. The minimum Gasteiger partial charge on any atom is -0.373 e. The molecule has 0 saturated carbocycles. The van der Waals surface area contributed by atoms with Crippen molar-refractivity contribution < 1.29 is 4.74 Å². The number of hydrogen-bond donors (Lipinski definition) is 1. The standard InChI is InChI=1S/C17H28N2O/c1-13(2)18-9-16-5-7-17(8-6-16)12-19-10-14(3)20-15(4)11-19/h5-8,13-15,18H,9-12H2,1-4H3. The lowest BCUT2D eigenvalue weighted by atomic mass is 10.1. The first-order chi connectivity index (χ1) is 9.52. The van der Waals surface area contributed by atoms with Crippen LogP contribution in [0.25, 0.3) is 0 Å². The molecule has 0 amide bonds. The minimum absolute atomic E-state index is 0.341. The van der Waals surface area contributed by atoms with E-state index >= 15 is 0 Å². The Morgan fingerprint density at radius 2 is 1.65 bits per heavy atom. The highest BCUT2D eigenvalue weighted by atomic mass is 16.5. The predicted molar refractivity (Wildman–Crippen MR) is 83.7 cm³/mol. The van der Waals surface area contributed by atoms with Gasteiger partial charge in [-0.1, -0.05) is 38.1 Å². The van der Waals surface area contributed by atoms with E-state index in [1.54, 1.807) is 0 Å². The number of benzene rings is 1.